The molecule has 1 aliphatic heterocycles. The van der Waals surface area contributed by atoms with Crippen LogP contribution in [0.1, 0.15) is 12.8 Å². The highest BCUT2D eigenvalue weighted by Crippen LogP contribution is 2.29. The average Bonchev–Trinajstić information content (AvgIpc) is 2.81. The zero-order valence-electron chi connectivity index (χ0n) is 8.99. The Morgan fingerprint density at radius 2 is 2.00 bits per heavy atom. The molecule has 3 rings (SSSR count). The summed E-state index contributed by atoms with van der Waals surface area (Å²) in [4.78, 5) is 6.97. The standard InChI is InChI=1S/C13H13BrN2/c14-11-8-10-4-3-5-12(13(10)15-9-11)16-6-1-2-7-16/h3-5,8-9H,1-2,6-7H2. The van der Waals surface area contributed by atoms with E-state index in [-0.39, 0.29) is 0 Å². The second kappa shape index (κ2) is 4.06. The van der Waals surface area contributed by atoms with E-state index in [0.717, 1.165) is 23.1 Å². The Balaban J connectivity index is 2.16. The van der Waals surface area contributed by atoms with Crippen molar-refractivity contribution in [1.29, 1.82) is 0 Å². The number of halogens is 1. The second-order valence-electron chi connectivity index (χ2n) is 4.20. The van der Waals surface area contributed by atoms with Gasteiger partial charge in [0.25, 0.3) is 0 Å². The number of nitrogens with zero attached hydrogens (tertiary/aromatic N) is 2. The van der Waals surface area contributed by atoms with Gasteiger partial charge in [0.15, 0.2) is 0 Å². The number of anilines is 1. The molecule has 1 aliphatic rings. The maximum atomic E-state index is 4.54. The van der Waals surface area contributed by atoms with Crippen LogP contribution in [0, 0.1) is 0 Å². The van der Waals surface area contributed by atoms with Gasteiger partial charge in [-0.3, -0.25) is 4.98 Å². The third kappa shape index (κ3) is 1.69. The van der Waals surface area contributed by atoms with Crippen molar-refractivity contribution in [1.82, 2.24) is 4.98 Å². The van der Waals surface area contributed by atoms with E-state index >= 15 is 0 Å². The fourth-order valence-electron chi connectivity index (χ4n) is 2.33. The minimum Gasteiger partial charge on any atom is -0.370 e. The second-order valence-corrected chi connectivity index (χ2v) is 5.11. The summed E-state index contributed by atoms with van der Waals surface area (Å²) in [5.74, 6) is 0. The van der Waals surface area contributed by atoms with Crippen LogP contribution in [0.5, 0.6) is 0 Å². The molecule has 1 aromatic heterocycles. The summed E-state index contributed by atoms with van der Waals surface area (Å²) in [6.45, 7) is 2.33. The van der Waals surface area contributed by atoms with Crippen molar-refractivity contribution in [3.8, 4) is 0 Å². The first-order valence-electron chi connectivity index (χ1n) is 5.64. The quantitative estimate of drug-likeness (QED) is 0.791. The van der Waals surface area contributed by atoms with E-state index in [1.165, 1.54) is 23.9 Å². The van der Waals surface area contributed by atoms with Gasteiger partial charge in [0.2, 0.25) is 0 Å². The van der Waals surface area contributed by atoms with E-state index in [1.54, 1.807) is 0 Å². The fraction of sp³-hybridized carbons (Fsp3) is 0.308. The number of aromatic nitrogens is 1. The number of hydrogen-bond donors (Lipinski definition) is 0. The lowest BCUT2D eigenvalue weighted by Crippen LogP contribution is -2.17. The average molecular weight is 277 g/mol. The molecule has 1 saturated heterocycles. The summed E-state index contributed by atoms with van der Waals surface area (Å²) >= 11 is 3.46. The largest absolute Gasteiger partial charge is 0.370 e. The van der Waals surface area contributed by atoms with Crippen LogP contribution in [0.25, 0.3) is 10.9 Å². The van der Waals surface area contributed by atoms with Gasteiger partial charge in [-0.2, -0.15) is 0 Å². The van der Waals surface area contributed by atoms with Crippen LogP contribution >= 0.6 is 15.9 Å². The highest BCUT2D eigenvalue weighted by molar-refractivity contribution is 9.10. The summed E-state index contributed by atoms with van der Waals surface area (Å²) < 4.78 is 1.04. The van der Waals surface area contributed by atoms with Crippen LogP contribution in [0.15, 0.2) is 34.9 Å². The number of benzene rings is 1. The minimum absolute atomic E-state index is 1.04. The molecule has 0 unspecified atom stereocenters. The van der Waals surface area contributed by atoms with Gasteiger partial charge in [-0.1, -0.05) is 12.1 Å². The van der Waals surface area contributed by atoms with Gasteiger partial charge in [-0.25, -0.2) is 0 Å². The number of pyridine rings is 1. The Hall–Kier alpha value is -1.09. The zero-order valence-corrected chi connectivity index (χ0v) is 10.6. The number of para-hydroxylation sites is 1. The molecular weight excluding hydrogens is 264 g/mol. The molecule has 2 aromatic rings. The normalized spacial score (nSPS) is 15.9. The van der Waals surface area contributed by atoms with Crippen LogP contribution in [0.4, 0.5) is 5.69 Å². The molecule has 1 aromatic carbocycles. The predicted octanol–water partition coefficient (Wildman–Crippen LogP) is 3.60. The SMILES string of the molecule is Brc1cnc2c(N3CCCC3)cccc2c1. The Labute approximate surface area is 103 Å². The molecule has 0 spiro atoms. The van der Waals surface area contributed by atoms with E-state index < -0.39 is 0 Å². The smallest absolute Gasteiger partial charge is 0.0936 e. The van der Waals surface area contributed by atoms with Gasteiger partial charge in [0.1, 0.15) is 0 Å². The first-order valence-corrected chi connectivity index (χ1v) is 6.43. The predicted molar refractivity (Wildman–Crippen MR) is 70.9 cm³/mol. The molecule has 0 saturated carbocycles. The molecule has 1 fully saturated rings. The molecule has 0 atom stereocenters. The van der Waals surface area contributed by atoms with Gasteiger partial charge in [0, 0.05) is 29.1 Å². The highest BCUT2D eigenvalue weighted by Gasteiger charge is 2.15. The first-order chi connectivity index (χ1) is 7.84. The third-order valence-electron chi connectivity index (χ3n) is 3.10. The topological polar surface area (TPSA) is 16.1 Å². The lowest BCUT2D eigenvalue weighted by molar-refractivity contribution is 0.949. The summed E-state index contributed by atoms with van der Waals surface area (Å²) in [7, 11) is 0. The van der Waals surface area contributed by atoms with Crippen molar-refractivity contribution in [2.24, 2.45) is 0 Å². The molecule has 2 nitrogen and oxygen atoms in total. The maximum absolute atomic E-state index is 4.54. The number of hydrogen-bond acceptors (Lipinski definition) is 2. The van der Waals surface area contributed by atoms with E-state index in [9.17, 15) is 0 Å². The van der Waals surface area contributed by atoms with Gasteiger partial charge in [-0.15, -0.1) is 0 Å². The Morgan fingerprint density at radius 1 is 1.19 bits per heavy atom. The summed E-state index contributed by atoms with van der Waals surface area (Å²) in [5, 5.41) is 1.21. The molecule has 2 heterocycles. The van der Waals surface area contributed by atoms with Crippen molar-refractivity contribution < 1.29 is 0 Å². The van der Waals surface area contributed by atoms with Crippen molar-refractivity contribution in [3.63, 3.8) is 0 Å². The lowest BCUT2D eigenvalue weighted by Gasteiger charge is -2.18. The van der Waals surface area contributed by atoms with E-state index in [2.05, 4.69) is 50.1 Å². The lowest BCUT2D eigenvalue weighted by atomic mass is 10.2. The molecule has 0 aliphatic carbocycles. The Morgan fingerprint density at radius 3 is 2.81 bits per heavy atom. The van der Waals surface area contributed by atoms with Crippen molar-refractivity contribution >= 4 is 32.5 Å². The van der Waals surface area contributed by atoms with Crippen molar-refractivity contribution in [3.05, 3.63) is 34.9 Å². The summed E-state index contributed by atoms with van der Waals surface area (Å²) in [5.41, 5.74) is 2.40. The van der Waals surface area contributed by atoms with Crippen LogP contribution in [-0.2, 0) is 0 Å². The highest BCUT2D eigenvalue weighted by atomic mass is 79.9. The number of rotatable bonds is 1. The van der Waals surface area contributed by atoms with Gasteiger partial charge in [-0.05, 0) is 40.9 Å². The van der Waals surface area contributed by atoms with Gasteiger partial charge < -0.3 is 4.90 Å². The van der Waals surface area contributed by atoms with Crippen LogP contribution in [-0.4, -0.2) is 18.1 Å². The molecule has 82 valence electrons. The van der Waals surface area contributed by atoms with Crippen LogP contribution < -0.4 is 4.90 Å². The maximum Gasteiger partial charge on any atom is 0.0936 e. The first kappa shape index (κ1) is 10.1. The minimum atomic E-state index is 1.04. The third-order valence-corrected chi connectivity index (χ3v) is 3.54. The number of fused-ring (bicyclic) bond motifs is 1. The van der Waals surface area contributed by atoms with Crippen LogP contribution in [0.3, 0.4) is 0 Å². The van der Waals surface area contributed by atoms with Crippen molar-refractivity contribution in [2.45, 2.75) is 12.8 Å². The van der Waals surface area contributed by atoms with Crippen LogP contribution in [0.2, 0.25) is 0 Å². The molecule has 0 radical (unpaired) electrons. The van der Waals surface area contributed by atoms with E-state index in [4.69, 9.17) is 0 Å². The molecule has 0 bridgehead atoms. The Bertz CT molecular complexity index is 518. The molecule has 0 N–H and O–H groups in total. The monoisotopic (exact) mass is 276 g/mol. The Kier molecular flexibility index (Phi) is 2.56. The van der Waals surface area contributed by atoms with Crippen molar-refractivity contribution in [2.75, 3.05) is 18.0 Å². The van der Waals surface area contributed by atoms with E-state index in [1.807, 2.05) is 6.20 Å². The summed E-state index contributed by atoms with van der Waals surface area (Å²) in [6, 6.07) is 8.53. The summed E-state index contributed by atoms with van der Waals surface area (Å²) in [6.07, 6.45) is 4.47. The molecular formula is C13H13BrN2. The van der Waals surface area contributed by atoms with E-state index in [0.29, 0.717) is 0 Å². The fourth-order valence-corrected chi connectivity index (χ4v) is 2.68. The van der Waals surface area contributed by atoms with Gasteiger partial charge >= 0.3 is 0 Å². The van der Waals surface area contributed by atoms with Gasteiger partial charge in [0.05, 0.1) is 11.2 Å². The molecule has 3 heteroatoms. The zero-order chi connectivity index (χ0) is 11.0. The molecule has 16 heavy (non-hydrogen) atoms. The molecule has 0 amide bonds.